The molecule has 0 radical (unpaired) electrons. The van der Waals surface area contributed by atoms with Gasteiger partial charge in [-0.15, -0.1) is 0 Å². The molecule has 0 spiro atoms. The van der Waals surface area contributed by atoms with Crippen LogP contribution in [-0.2, 0) is 6.61 Å². The molecule has 0 N–H and O–H groups in total. The van der Waals surface area contributed by atoms with Gasteiger partial charge in [-0.3, -0.25) is 0 Å². The summed E-state index contributed by atoms with van der Waals surface area (Å²) in [5.41, 5.74) is 2.84. The van der Waals surface area contributed by atoms with E-state index in [9.17, 15) is 5.26 Å². The van der Waals surface area contributed by atoms with Crippen molar-refractivity contribution >= 4 is 35.3 Å². The second kappa shape index (κ2) is 8.30. The van der Waals surface area contributed by atoms with Crippen molar-refractivity contribution in [3.63, 3.8) is 0 Å². The highest BCUT2D eigenvalue weighted by atomic mass is 35.5. The Morgan fingerprint density at radius 2 is 1.93 bits per heavy atom. The van der Waals surface area contributed by atoms with Crippen LogP contribution < -0.4 is 4.74 Å². The van der Waals surface area contributed by atoms with E-state index in [2.05, 4.69) is 11.1 Å². The van der Waals surface area contributed by atoms with Crippen LogP contribution in [0.15, 0.2) is 51.9 Å². The van der Waals surface area contributed by atoms with Gasteiger partial charge < -0.3 is 9.15 Å². The smallest absolute Gasteiger partial charge is 0.237 e. The topological polar surface area (TPSA) is 58.5 Å². The van der Waals surface area contributed by atoms with E-state index in [-0.39, 0.29) is 5.88 Å². The van der Waals surface area contributed by atoms with E-state index in [1.54, 1.807) is 31.3 Å². The van der Waals surface area contributed by atoms with Gasteiger partial charge in [-0.05, 0) is 49.7 Å². The second-order valence-corrected chi connectivity index (χ2v) is 6.81. The molecule has 0 saturated heterocycles. The molecule has 0 unspecified atom stereocenters. The van der Waals surface area contributed by atoms with Gasteiger partial charge in [0.15, 0.2) is 0 Å². The van der Waals surface area contributed by atoms with Crippen molar-refractivity contribution in [2.75, 3.05) is 0 Å². The number of ether oxygens (including phenoxy) is 1. The first-order valence-electron chi connectivity index (χ1n) is 8.19. The number of aryl methyl sites for hydroxylation is 1. The Morgan fingerprint density at radius 3 is 2.67 bits per heavy atom. The van der Waals surface area contributed by atoms with Gasteiger partial charge >= 0.3 is 0 Å². The zero-order valence-electron chi connectivity index (χ0n) is 14.8. The summed E-state index contributed by atoms with van der Waals surface area (Å²) >= 11 is 12.1. The Morgan fingerprint density at radius 1 is 1.15 bits per heavy atom. The Balaban J connectivity index is 1.86. The fourth-order valence-corrected chi connectivity index (χ4v) is 2.89. The maximum absolute atomic E-state index is 9.30. The quantitative estimate of drug-likeness (QED) is 0.466. The zero-order valence-corrected chi connectivity index (χ0v) is 16.3. The third kappa shape index (κ3) is 4.51. The van der Waals surface area contributed by atoms with Gasteiger partial charge in [-0.1, -0.05) is 35.3 Å². The Labute approximate surface area is 167 Å². The number of benzene rings is 2. The minimum absolute atomic E-state index is 0.272. The molecule has 0 saturated carbocycles. The van der Waals surface area contributed by atoms with E-state index in [4.69, 9.17) is 32.4 Å². The lowest BCUT2D eigenvalue weighted by molar-refractivity contribution is 0.306. The van der Waals surface area contributed by atoms with Gasteiger partial charge in [-0.25, -0.2) is 4.99 Å². The molecule has 0 atom stereocenters. The molecule has 0 aliphatic carbocycles. The first-order valence-corrected chi connectivity index (χ1v) is 8.94. The lowest BCUT2D eigenvalue weighted by atomic mass is 10.2. The van der Waals surface area contributed by atoms with Crippen LogP contribution in [0.25, 0.3) is 0 Å². The fourth-order valence-electron chi connectivity index (χ4n) is 2.50. The highest BCUT2D eigenvalue weighted by Crippen LogP contribution is 2.29. The maximum atomic E-state index is 9.30. The summed E-state index contributed by atoms with van der Waals surface area (Å²) in [5.74, 6) is 1.55. The second-order valence-electron chi connectivity index (χ2n) is 5.93. The van der Waals surface area contributed by atoms with Gasteiger partial charge in [0.1, 0.15) is 29.7 Å². The van der Waals surface area contributed by atoms with E-state index in [0.29, 0.717) is 39.3 Å². The molecule has 0 amide bonds. The number of hydrogen-bond acceptors (Lipinski definition) is 4. The van der Waals surface area contributed by atoms with Crippen molar-refractivity contribution in [3.8, 4) is 11.8 Å². The first kappa shape index (κ1) is 19.0. The highest BCUT2D eigenvalue weighted by molar-refractivity contribution is 6.31. The van der Waals surface area contributed by atoms with Gasteiger partial charge in [0.25, 0.3) is 0 Å². The lowest BCUT2D eigenvalue weighted by Crippen LogP contribution is -1.98. The number of furan rings is 1. The van der Waals surface area contributed by atoms with Crippen molar-refractivity contribution in [2.24, 2.45) is 4.99 Å². The van der Waals surface area contributed by atoms with Crippen LogP contribution in [0.2, 0.25) is 10.0 Å². The molecule has 0 aliphatic heterocycles. The van der Waals surface area contributed by atoms with Crippen molar-refractivity contribution in [1.29, 1.82) is 5.26 Å². The normalized spacial score (nSPS) is 10.9. The molecule has 1 aromatic heterocycles. The summed E-state index contributed by atoms with van der Waals surface area (Å²) in [5, 5.41) is 10.5. The van der Waals surface area contributed by atoms with Crippen molar-refractivity contribution < 1.29 is 9.15 Å². The van der Waals surface area contributed by atoms with E-state index < -0.39 is 0 Å². The van der Waals surface area contributed by atoms with Crippen molar-refractivity contribution in [1.82, 2.24) is 0 Å². The monoisotopic (exact) mass is 398 g/mol. The molecule has 0 bridgehead atoms. The maximum Gasteiger partial charge on any atom is 0.237 e. The lowest BCUT2D eigenvalue weighted by Gasteiger charge is -2.10. The van der Waals surface area contributed by atoms with Crippen LogP contribution in [0.5, 0.6) is 5.75 Å². The molecule has 136 valence electrons. The van der Waals surface area contributed by atoms with Gasteiger partial charge in [-0.2, -0.15) is 5.26 Å². The molecule has 2 aromatic carbocycles. The number of nitrogens with zero attached hydrogens (tertiary/aromatic N) is 2. The summed E-state index contributed by atoms with van der Waals surface area (Å²) in [7, 11) is 0. The SMILES string of the molecule is Cc1oc(N=Cc2cc(Cl)ccc2OCc2cccc(Cl)c2)c(C#N)c1C. The number of hydrogen-bond donors (Lipinski definition) is 0. The van der Waals surface area contributed by atoms with E-state index >= 15 is 0 Å². The van der Waals surface area contributed by atoms with Gasteiger partial charge in [0.2, 0.25) is 5.88 Å². The Bertz CT molecular complexity index is 1050. The standard InChI is InChI=1S/C21H16Cl2N2O2/c1-13-14(2)27-21(19(13)10-24)25-11-16-9-18(23)6-7-20(16)26-12-15-4-3-5-17(22)8-15/h3-9,11H,12H2,1-2H3. The molecule has 6 heteroatoms. The molecule has 0 fully saturated rings. The summed E-state index contributed by atoms with van der Waals surface area (Å²) < 4.78 is 11.5. The summed E-state index contributed by atoms with van der Waals surface area (Å²) in [6.07, 6.45) is 1.58. The van der Waals surface area contributed by atoms with E-state index in [1.807, 2.05) is 31.2 Å². The van der Waals surface area contributed by atoms with Crippen LogP contribution in [-0.4, -0.2) is 6.21 Å². The molecule has 3 aromatic rings. The molecule has 4 nitrogen and oxygen atoms in total. The average Bonchev–Trinajstić information content (AvgIpc) is 2.92. The van der Waals surface area contributed by atoms with Crippen molar-refractivity contribution in [2.45, 2.75) is 20.5 Å². The van der Waals surface area contributed by atoms with Crippen LogP contribution >= 0.6 is 23.2 Å². The number of aliphatic imine (C=N–C) groups is 1. The average molecular weight is 399 g/mol. The molecular formula is C21H16Cl2N2O2. The Kier molecular flexibility index (Phi) is 5.85. The summed E-state index contributed by atoms with van der Waals surface area (Å²) in [4.78, 5) is 4.33. The fraction of sp³-hybridized carbons (Fsp3) is 0.143. The molecular weight excluding hydrogens is 383 g/mol. The summed E-state index contributed by atoms with van der Waals surface area (Å²) in [6, 6.07) is 14.8. The van der Waals surface area contributed by atoms with Crippen LogP contribution in [0.1, 0.15) is 28.0 Å². The number of nitriles is 1. The predicted octanol–water partition coefficient (Wildman–Crippen LogP) is 6.40. The zero-order chi connectivity index (χ0) is 19.4. The summed E-state index contributed by atoms with van der Waals surface area (Å²) in [6.45, 7) is 3.98. The molecule has 1 heterocycles. The third-order valence-corrected chi connectivity index (χ3v) is 4.52. The van der Waals surface area contributed by atoms with E-state index in [0.717, 1.165) is 11.1 Å². The van der Waals surface area contributed by atoms with Gasteiger partial charge in [0, 0.05) is 27.4 Å². The largest absolute Gasteiger partial charge is 0.488 e. The Hall–Kier alpha value is -2.74. The van der Waals surface area contributed by atoms with Crippen molar-refractivity contribution in [3.05, 3.63) is 80.5 Å². The first-order chi connectivity index (χ1) is 13.0. The molecule has 3 rings (SSSR count). The minimum Gasteiger partial charge on any atom is -0.488 e. The highest BCUT2D eigenvalue weighted by Gasteiger charge is 2.13. The van der Waals surface area contributed by atoms with Crippen LogP contribution in [0.4, 0.5) is 5.88 Å². The van der Waals surface area contributed by atoms with E-state index in [1.165, 1.54) is 0 Å². The number of halogens is 2. The minimum atomic E-state index is 0.272. The molecule has 0 aliphatic rings. The molecule has 27 heavy (non-hydrogen) atoms. The number of rotatable bonds is 5. The predicted molar refractivity (Wildman–Crippen MR) is 107 cm³/mol. The van der Waals surface area contributed by atoms with Gasteiger partial charge in [0.05, 0.1) is 0 Å². The van der Waals surface area contributed by atoms with Crippen LogP contribution in [0.3, 0.4) is 0 Å². The van der Waals surface area contributed by atoms with Crippen LogP contribution in [0, 0.1) is 25.2 Å². The third-order valence-electron chi connectivity index (χ3n) is 4.05.